The molecule has 0 rings (SSSR count). The third-order valence-electron chi connectivity index (χ3n) is 2.37. The van der Waals surface area contributed by atoms with Gasteiger partial charge in [0, 0.05) is 20.3 Å². The number of carboxylic acid groups (broad SMARTS) is 1. The Bertz CT molecular complexity index is 256. The van der Waals surface area contributed by atoms with Crippen molar-refractivity contribution >= 4 is 12.0 Å². The molecule has 0 aromatic carbocycles. The summed E-state index contributed by atoms with van der Waals surface area (Å²) >= 11 is 0. The molecule has 0 aliphatic carbocycles. The fraction of sp³-hybridized carbons (Fsp3) is 0.833. The van der Waals surface area contributed by atoms with Crippen molar-refractivity contribution in [3.05, 3.63) is 0 Å². The first-order valence-electron chi connectivity index (χ1n) is 6.23. The average molecular weight is 260 g/mol. The van der Waals surface area contributed by atoms with Gasteiger partial charge in [-0.15, -0.1) is 0 Å². The summed E-state index contributed by atoms with van der Waals surface area (Å²) in [5, 5.41) is 14.0. The Labute approximate surface area is 108 Å². The number of aliphatic carboxylic acids is 1. The maximum Gasteiger partial charge on any atom is 0.326 e. The van der Waals surface area contributed by atoms with Crippen molar-refractivity contribution in [2.45, 2.75) is 39.2 Å². The van der Waals surface area contributed by atoms with Crippen LogP contribution in [0, 0.1) is 5.92 Å². The Morgan fingerprint density at radius 1 is 1.28 bits per heavy atom. The fourth-order valence-corrected chi connectivity index (χ4v) is 1.48. The minimum absolute atomic E-state index is 0.216. The number of unbranched alkanes of at least 4 members (excludes halogenated alkanes) is 1. The molecule has 2 amide bonds. The Kier molecular flexibility index (Phi) is 9.00. The Hall–Kier alpha value is -1.30. The number of carbonyl (C=O) groups is 2. The van der Waals surface area contributed by atoms with Gasteiger partial charge in [0.05, 0.1) is 0 Å². The van der Waals surface area contributed by atoms with E-state index in [4.69, 9.17) is 9.84 Å². The van der Waals surface area contributed by atoms with Crippen molar-refractivity contribution in [2.24, 2.45) is 5.92 Å². The zero-order chi connectivity index (χ0) is 14.0. The second kappa shape index (κ2) is 9.70. The van der Waals surface area contributed by atoms with E-state index in [2.05, 4.69) is 10.6 Å². The summed E-state index contributed by atoms with van der Waals surface area (Å²) in [7, 11) is 1.63. The van der Waals surface area contributed by atoms with E-state index >= 15 is 0 Å². The smallest absolute Gasteiger partial charge is 0.326 e. The van der Waals surface area contributed by atoms with E-state index in [0.29, 0.717) is 19.6 Å². The lowest BCUT2D eigenvalue weighted by atomic mass is 10.0. The first-order chi connectivity index (χ1) is 8.47. The van der Waals surface area contributed by atoms with Crippen LogP contribution in [-0.2, 0) is 9.53 Å². The third-order valence-corrected chi connectivity index (χ3v) is 2.37. The van der Waals surface area contributed by atoms with Crippen molar-refractivity contribution in [1.82, 2.24) is 10.6 Å². The minimum Gasteiger partial charge on any atom is -0.480 e. The number of urea groups is 1. The Morgan fingerprint density at radius 3 is 2.44 bits per heavy atom. The Morgan fingerprint density at radius 2 is 1.94 bits per heavy atom. The summed E-state index contributed by atoms with van der Waals surface area (Å²) in [6, 6.07) is -1.26. The van der Waals surface area contributed by atoms with Crippen LogP contribution in [0.1, 0.15) is 33.1 Å². The summed E-state index contributed by atoms with van der Waals surface area (Å²) in [6.45, 7) is 5.01. The number of nitrogens with one attached hydrogen (secondary N) is 2. The molecular formula is C12H24N2O4. The zero-order valence-electron chi connectivity index (χ0n) is 11.4. The summed E-state index contributed by atoms with van der Waals surface area (Å²) in [5.41, 5.74) is 0. The van der Waals surface area contributed by atoms with Gasteiger partial charge in [0.1, 0.15) is 6.04 Å². The molecule has 1 atom stereocenters. The van der Waals surface area contributed by atoms with E-state index in [1.807, 2.05) is 13.8 Å². The summed E-state index contributed by atoms with van der Waals surface area (Å²) in [5.74, 6) is -0.786. The molecule has 0 radical (unpaired) electrons. The molecule has 0 aliphatic rings. The summed E-state index contributed by atoms with van der Waals surface area (Å²) < 4.78 is 4.88. The number of methoxy groups -OCH3 is 1. The topological polar surface area (TPSA) is 87.7 Å². The molecular weight excluding hydrogens is 236 g/mol. The van der Waals surface area contributed by atoms with E-state index in [1.54, 1.807) is 7.11 Å². The summed E-state index contributed by atoms with van der Waals surface area (Å²) in [6.07, 6.45) is 2.10. The van der Waals surface area contributed by atoms with Gasteiger partial charge >= 0.3 is 12.0 Å². The second-order valence-corrected chi connectivity index (χ2v) is 4.62. The quantitative estimate of drug-likeness (QED) is 0.544. The molecule has 0 saturated heterocycles. The van der Waals surface area contributed by atoms with Crippen LogP contribution in [0.5, 0.6) is 0 Å². The van der Waals surface area contributed by atoms with Crippen molar-refractivity contribution in [2.75, 3.05) is 20.3 Å². The normalized spacial score (nSPS) is 12.2. The van der Waals surface area contributed by atoms with E-state index in [9.17, 15) is 9.59 Å². The molecule has 0 spiro atoms. The largest absolute Gasteiger partial charge is 0.480 e. The van der Waals surface area contributed by atoms with Crippen LogP contribution in [0.4, 0.5) is 4.79 Å². The molecule has 0 aliphatic heterocycles. The van der Waals surface area contributed by atoms with E-state index in [1.165, 1.54) is 0 Å². The number of carboxylic acids is 1. The van der Waals surface area contributed by atoms with Crippen LogP contribution in [-0.4, -0.2) is 43.4 Å². The Balaban J connectivity index is 3.85. The minimum atomic E-state index is -1.00. The molecule has 0 aromatic rings. The summed E-state index contributed by atoms with van der Waals surface area (Å²) in [4.78, 5) is 22.4. The maximum absolute atomic E-state index is 11.5. The van der Waals surface area contributed by atoms with Gasteiger partial charge in [-0.2, -0.15) is 0 Å². The molecule has 6 nitrogen and oxygen atoms in total. The highest BCUT2D eigenvalue weighted by molar-refractivity contribution is 5.82. The molecule has 18 heavy (non-hydrogen) atoms. The third kappa shape index (κ3) is 8.81. The highest BCUT2D eigenvalue weighted by Gasteiger charge is 2.20. The van der Waals surface area contributed by atoms with Crippen molar-refractivity contribution in [1.29, 1.82) is 0 Å². The first-order valence-corrected chi connectivity index (χ1v) is 6.23. The van der Waals surface area contributed by atoms with Gasteiger partial charge in [-0.05, 0) is 25.2 Å². The maximum atomic E-state index is 11.5. The van der Waals surface area contributed by atoms with E-state index in [0.717, 1.165) is 12.8 Å². The van der Waals surface area contributed by atoms with Crippen molar-refractivity contribution < 1.29 is 19.4 Å². The van der Waals surface area contributed by atoms with Gasteiger partial charge < -0.3 is 20.5 Å². The molecule has 3 N–H and O–H groups in total. The first kappa shape index (κ1) is 16.7. The SMILES string of the molecule is COCCCCNC(=O)N[C@@H](CC(C)C)C(=O)O. The molecule has 0 aromatic heterocycles. The van der Waals surface area contributed by atoms with Crippen LogP contribution in [0.3, 0.4) is 0 Å². The van der Waals surface area contributed by atoms with Gasteiger partial charge in [0.15, 0.2) is 0 Å². The number of ether oxygens (including phenoxy) is 1. The van der Waals surface area contributed by atoms with Crippen LogP contribution in [0.25, 0.3) is 0 Å². The lowest BCUT2D eigenvalue weighted by molar-refractivity contribution is -0.139. The highest BCUT2D eigenvalue weighted by atomic mass is 16.5. The zero-order valence-corrected chi connectivity index (χ0v) is 11.4. The predicted molar refractivity (Wildman–Crippen MR) is 68.5 cm³/mol. The van der Waals surface area contributed by atoms with Crippen LogP contribution >= 0.6 is 0 Å². The van der Waals surface area contributed by atoms with Crippen LogP contribution in [0.2, 0.25) is 0 Å². The molecule has 106 valence electrons. The highest BCUT2D eigenvalue weighted by Crippen LogP contribution is 2.04. The second-order valence-electron chi connectivity index (χ2n) is 4.62. The number of hydrogen-bond acceptors (Lipinski definition) is 3. The van der Waals surface area contributed by atoms with E-state index in [-0.39, 0.29) is 5.92 Å². The number of amides is 2. The van der Waals surface area contributed by atoms with Gasteiger partial charge in [0.25, 0.3) is 0 Å². The van der Waals surface area contributed by atoms with Crippen LogP contribution in [0.15, 0.2) is 0 Å². The number of rotatable bonds is 9. The predicted octanol–water partition coefficient (Wildman–Crippen LogP) is 1.21. The van der Waals surface area contributed by atoms with Gasteiger partial charge in [-0.25, -0.2) is 9.59 Å². The van der Waals surface area contributed by atoms with Crippen molar-refractivity contribution in [3.63, 3.8) is 0 Å². The standard InChI is InChI=1S/C12H24N2O4/c1-9(2)8-10(11(15)16)14-12(17)13-6-4-5-7-18-3/h9-10H,4-8H2,1-3H3,(H,15,16)(H2,13,14,17)/t10-/m0/s1. The number of hydrogen-bond donors (Lipinski definition) is 3. The molecule has 6 heteroatoms. The van der Waals surface area contributed by atoms with Gasteiger partial charge in [-0.3, -0.25) is 0 Å². The molecule has 0 heterocycles. The molecule has 0 unspecified atom stereocenters. The lowest BCUT2D eigenvalue weighted by Gasteiger charge is -2.16. The molecule has 0 bridgehead atoms. The molecule has 0 fully saturated rings. The van der Waals surface area contributed by atoms with Gasteiger partial charge in [-0.1, -0.05) is 13.8 Å². The van der Waals surface area contributed by atoms with Gasteiger partial charge in [0.2, 0.25) is 0 Å². The molecule has 0 saturated carbocycles. The fourth-order valence-electron chi connectivity index (χ4n) is 1.48. The average Bonchev–Trinajstić information content (AvgIpc) is 2.27. The monoisotopic (exact) mass is 260 g/mol. The van der Waals surface area contributed by atoms with Crippen LogP contribution < -0.4 is 10.6 Å². The van der Waals surface area contributed by atoms with Crippen molar-refractivity contribution in [3.8, 4) is 0 Å². The lowest BCUT2D eigenvalue weighted by Crippen LogP contribution is -2.46. The number of carbonyl (C=O) groups excluding carboxylic acids is 1. The van der Waals surface area contributed by atoms with E-state index < -0.39 is 18.0 Å².